The molecule has 0 amide bonds. The van der Waals surface area contributed by atoms with E-state index in [2.05, 4.69) is 62.5 Å². The van der Waals surface area contributed by atoms with Crippen LogP contribution in [0.1, 0.15) is 258 Å². The van der Waals surface area contributed by atoms with Crippen LogP contribution >= 0.6 is 0 Å². The molecule has 2 heterocycles. The van der Waals surface area contributed by atoms with E-state index in [-0.39, 0.29) is 25.6 Å². The predicted molar refractivity (Wildman–Crippen MR) is 316 cm³/mol. The van der Waals surface area contributed by atoms with Gasteiger partial charge in [-0.25, -0.2) is 0 Å². The fourth-order valence-electron chi connectivity index (χ4n) is 10.2. The molecule has 79 heavy (non-hydrogen) atoms. The summed E-state index contributed by atoms with van der Waals surface area (Å²) in [5, 5.41) is 72.5. The molecule has 2 saturated heterocycles. The molecule has 0 aromatic rings. The van der Waals surface area contributed by atoms with Crippen molar-refractivity contribution in [1.29, 1.82) is 0 Å². The summed E-state index contributed by atoms with van der Waals surface area (Å²) in [6.07, 6.45) is 47.5. The Labute approximate surface area is 480 Å². The van der Waals surface area contributed by atoms with Crippen molar-refractivity contribution in [3.63, 3.8) is 0 Å². The van der Waals surface area contributed by atoms with Crippen molar-refractivity contribution >= 4 is 5.97 Å². The Morgan fingerprint density at radius 3 is 1.29 bits per heavy atom. The van der Waals surface area contributed by atoms with Gasteiger partial charge in [0.25, 0.3) is 0 Å². The van der Waals surface area contributed by atoms with Crippen LogP contribution in [-0.2, 0) is 33.2 Å². The maximum absolute atomic E-state index is 13.1. The molecule has 0 aromatic carbocycles. The molecule has 7 N–H and O–H groups in total. The Balaban J connectivity index is 1.66. The number of hydrogen-bond acceptors (Lipinski definition) is 14. The van der Waals surface area contributed by atoms with Crippen LogP contribution in [0.3, 0.4) is 0 Å². The molecule has 2 fully saturated rings. The number of aliphatic hydroxyl groups is 7. The van der Waals surface area contributed by atoms with E-state index in [0.717, 1.165) is 70.6 Å². The van der Waals surface area contributed by atoms with Gasteiger partial charge in [-0.3, -0.25) is 4.79 Å². The Morgan fingerprint density at radius 2 is 0.823 bits per heavy atom. The van der Waals surface area contributed by atoms with Crippen molar-refractivity contribution in [3.05, 3.63) is 48.6 Å². The fraction of sp³-hybridized carbons (Fsp3) is 0.862. The summed E-state index contributed by atoms with van der Waals surface area (Å²) in [6.45, 7) is 3.60. The zero-order chi connectivity index (χ0) is 57.2. The second kappa shape index (κ2) is 51.6. The summed E-state index contributed by atoms with van der Waals surface area (Å²) in [5.74, 6) is -0.375. The monoisotopic (exact) mass is 1120 g/mol. The van der Waals surface area contributed by atoms with E-state index in [1.807, 2.05) is 0 Å². The minimum Gasteiger partial charge on any atom is -0.457 e. The molecular weight excluding hydrogens is 1000 g/mol. The number of ether oxygens (including phenoxy) is 6. The largest absolute Gasteiger partial charge is 0.457 e. The van der Waals surface area contributed by atoms with Gasteiger partial charge in [0.15, 0.2) is 12.6 Å². The Bertz CT molecular complexity index is 1490. The molecule has 2 aliphatic rings. The lowest BCUT2D eigenvalue weighted by molar-refractivity contribution is -0.332. The number of unbranched alkanes of at least 4 members (excludes halogenated alkanes) is 31. The van der Waals surface area contributed by atoms with Crippen LogP contribution in [0, 0.1) is 0 Å². The average Bonchev–Trinajstić information content (AvgIpc) is 3.46. The Hall–Kier alpha value is -2.05. The molecule has 14 nitrogen and oxygen atoms in total. The van der Waals surface area contributed by atoms with Gasteiger partial charge in [-0.15, -0.1) is 0 Å². The van der Waals surface area contributed by atoms with Crippen molar-refractivity contribution in [2.45, 2.75) is 325 Å². The third-order valence-corrected chi connectivity index (χ3v) is 15.4. The zero-order valence-electron chi connectivity index (χ0n) is 49.9. The number of aliphatic hydroxyl groups excluding tert-OH is 7. The number of carbonyl (C=O) groups excluding carboxylic acids is 1. The third kappa shape index (κ3) is 37.7. The highest BCUT2D eigenvalue weighted by molar-refractivity contribution is 5.69. The van der Waals surface area contributed by atoms with Crippen LogP contribution in [0.5, 0.6) is 0 Å². The lowest BCUT2D eigenvalue weighted by atomic mass is 9.98. The first-order valence-corrected chi connectivity index (χ1v) is 32.2. The van der Waals surface area contributed by atoms with Gasteiger partial charge in [0, 0.05) is 13.0 Å². The SMILES string of the molecule is CC/C=C\C/C=C\C/C=C\C/C=C\CCCCCCCCCOCC(COC1OC(COC2OC(CO)C(O)C(O)C2O)C(O)C(O)C1O)OC(=O)CCCCCCCCCCCCCCCCCCCCCCCCCCC. The molecular formula is C65H118O14. The highest BCUT2D eigenvalue weighted by Gasteiger charge is 2.47. The van der Waals surface area contributed by atoms with E-state index in [4.69, 9.17) is 28.4 Å². The third-order valence-electron chi connectivity index (χ3n) is 15.4. The molecule has 2 rings (SSSR count). The van der Waals surface area contributed by atoms with Crippen molar-refractivity contribution in [1.82, 2.24) is 0 Å². The Morgan fingerprint density at radius 1 is 0.430 bits per heavy atom. The van der Waals surface area contributed by atoms with E-state index in [1.165, 1.54) is 161 Å². The van der Waals surface area contributed by atoms with Crippen molar-refractivity contribution in [2.75, 3.05) is 33.0 Å². The van der Waals surface area contributed by atoms with Crippen LogP contribution in [-0.4, -0.2) is 142 Å². The molecule has 11 unspecified atom stereocenters. The first kappa shape index (κ1) is 73.1. The van der Waals surface area contributed by atoms with Crippen molar-refractivity contribution in [3.8, 4) is 0 Å². The van der Waals surface area contributed by atoms with E-state index in [1.54, 1.807) is 0 Å². The number of rotatable bonds is 53. The molecule has 0 spiro atoms. The number of esters is 1. The summed E-state index contributed by atoms with van der Waals surface area (Å²) < 4.78 is 34.5. The zero-order valence-corrected chi connectivity index (χ0v) is 49.9. The van der Waals surface area contributed by atoms with Gasteiger partial charge in [-0.1, -0.05) is 249 Å². The van der Waals surface area contributed by atoms with Gasteiger partial charge in [-0.2, -0.15) is 0 Å². The maximum Gasteiger partial charge on any atom is 0.306 e. The standard InChI is InChI=1S/C65H118O14/c1-3-5-7-9-11-13-15-17-19-21-23-25-26-27-28-29-30-32-34-36-38-40-42-44-46-48-57(67)77-54(51-74-49-47-45-43-41-39-37-35-33-31-24-22-20-18-16-14-12-10-8-6-4-2)52-75-64-63(73)61(71)59(69)56(79-64)53-76-65-62(72)60(70)58(68)55(50-66)78-65/h6,8,12,14,18,20,24,31,54-56,58-66,68-73H,3-5,7,9-11,13,15-17,19,21-23,25-30,32-53H2,1-2H3/b8-6-,14-12-,20-18-,31-24-. The van der Waals surface area contributed by atoms with E-state index >= 15 is 0 Å². The second-order valence-electron chi connectivity index (χ2n) is 22.6. The van der Waals surface area contributed by atoms with Gasteiger partial charge in [0.2, 0.25) is 0 Å². The normalized spacial score (nSPS) is 24.3. The van der Waals surface area contributed by atoms with Crippen molar-refractivity contribution < 1.29 is 69.0 Å². The number of hydrogen-bond donors (Lipinski definition) is 7. The average molecular weight is 1120 g/mol. The second-order valence-corrected chi connectivity index (χ2v) is 22.6. The molecule has 11 atom stereocenters. The number of allylic oxidation sites excluding steroid dienone is 8. The summed E-state index contributed by atoms with van der Waals surface area (Å²) in [7, 11) is 0. The van der Waals surface area contributed by atoms with Gasteiger partial charge in [0.05, 0.1) is 26.4 Å². The van der Waals surface area contributed by atoms with Gasteiger partial charge < -0.3 is 64.2 Å². The highest BCUT2D eigenvalue weighted by Crippen LogP contribution is 2.27. The minimum absolute atomic E-state index is 0.0557. The minimum atomic E-state index is -1.71. The topological polar surface area (TPSA) is 214 Å². The maximum atomic E-state index is 13.1. The molecule has 0 saturated carbocycles. The molecule has 0 aromatic heterocycles. The predicted octanol–water partition coefficient (Wildman–Crippen LogP) is 12.6. The smallest absolute Gasteiger partial charge is 0.306 e. The first-order valence-electron chi connectivity index (χ1n) is 32.2. The molecule has 2 aliphatic heterocycles. The first-order chi connectivity index (χ1) is 38.6. The summed E-state index contributed by atoms with van der Waals surface area (Å²) in [4.78, 5) is 13.1. The molecule has 0 radical (unpaired) electrons. The molecule has 14 heteroatoms. The summed E-state index contributed by atoms with van der Waals surface area (Å²) in [5.41, 5.74) is 0. The van der Waals surface area contributed by atoms with E-state index in [9.17, 15) is 40.5 Å². The van der Waals surface area contributed by atoms with E-state index in [0.29, 0.717) is 13.0 Å². The van der Waals surface area contributed by atoms with Gasteiger partial charge in [-0.05, 0) is 51.4 Å². The lowest BCUT2D eigenvalue weighted by Gasteiger charge is -2.42. The van der Waals surface area contributed by atoms with Crippen LogP contribution in [0.4, 0.5) is 0 Å². The molecule has 0 aliphatic carbocycles. The van der Waals surface area contributed by atoms with Crippen molar-refractivity contribution in [2.24, 2.45) is 0 Å². The lowest BCUT2D eigenvalue weighted by Crippen LogP contribution is -2.61. The molecule has 462 valence electrons. The van der Waals surface area contributed by atoms with Crippen LogP contribution < -0.4 is 0 Å². The summed E-state index contributed by atoms with van der Waals surface area (Å²) in [6, 6.07) is 0. The highest BCUT2D eigenvalue weighted by atomic mass is 16.7. The van der Waals surface area contributed by atoms with E-state index < -0.39 is 80.7 Å². The van der Waals surface area contributed by atoms with Crippen LogP contribution in [0.2, 0.25) is 0 Å². The van der Waals surface area contributed by atoms with Gasteiger partial charge in [0.1, 0.15) is 54.9 Å². The van der Waals surface area contributed by atoms with Gasteiger partial charge >= 0.3 is 5.97 Å². The summed E-state index contributed by atoms with van der Waals surface area (Å²) >= 11 is 0. The molecule has 0 bridgehead atoms. The number of carbonyl (C=O) groups is 1. The Kier molecular flexibility index (Phi) is 47.7. The van der Waals surface area contributed by atoms with Crippen LogP contribution in [0.25, 0.3) is 0 Å². The fourth-order valence-corrected chi connectivity index (χ4v) is 10.2. The van der Waals surface area contributed by atoms with Crippen LogP contribution in [0.15, 0.2) is 48.6 Å². The quantitative estimate of drug-likeness (QED) is 0.0172.